The van der Waals surface area contributed by atoms with Gasteiger partial charge in [0, 0.05) is 25.9 Å². The van der Waals surface area contributed by atoms with E-state index < -0.39 is 11.8 Å². The number of hydrogen-bond donors (Lipinski definition) is 1. The second kappa shape index (κ2) is 4.88. The minimum absolute atomic E-state index is 0.0995. The van der Waals surface area contributed by atoms with Crippen LogP contribution in [0.2, 0.25) is 0 Å². The van der Waals surface area contributed by atoms with E-state index in [0.29, 0.717) is 6.42 Å². The number of alkyl halides is 2. The Kier molecular flexibility index (Phi) is 4.02. The fourth-order valence-corrected chi connectivity index (χ4v) is 1.69. The number of amides is 1. The molecule has 3 nitrogen and oxygen atoms in total. The van der Waals surface area contributed by atoms with Crippen molar-refractivity contribution in [2.75, 3.05) is 19.7 Å². The summed E-state index contributed by atoms with van der Waals surface area (Å²) in [5.74, 6) is -3.26. The van der Waals surface area contributed by atoms with E-state index in [1.165, 1.54) is 4.90 Å². The molecule has 1 rings (SSSR count). The average molecular weight is 221 g/mol. The quantitative estimate of drug-likeness (QED) is 0.779. The second-order valence-electron chi connectivity index (χ2n) is 3.97. The summed E-state index contributed by atoms with van der Waals surface area (Å²) in [6, 6.07) is 0. The van der Waals surface area contributed by atoms with Crippen LogP contribution in [0.25, 0.3) is 0 Å². The van der Waals surface area contributed by atoms with Crippen LogP contribution in [0.5, 0.6) is 0 Å². The standard InChI is InChI=1S/C10H17F2NO2/c1-2-8(7-14)9(15)13-5-3-10(11,12)4-6-13/h8,14H,2-7H2,1H3. The molecule has 1 amide bonds. The van der Waals surface area contributed by atoms with Crippen molar-refractivity contribution < 1.29 is 18.7 Å². The molecule has 1 saturated heterocycles. The topological polar surface area (TPSA) is 40.5 Å². The second-order valence-corrected chi connectivity index (χ2v) is 3.97. The lowest BCUT2D eigenvalue weighted by Gasteiger charge is -2.33. The fourth-order valence-electron chi connectivity index (χ4n) is 1.69. The number of hydrogen-bond acceptors (Lipinski definition) is 2. The van der Waals surface area contributed by atoms with Gasteiger partial charge in [-0.05, 0) is 6.42 Å². The van der Waals surface area contributed by atoms with Gasteiger partial charge in [0.2, 0.25) is 5.91 Å². The van der Waals surface area contributed by atoms with Crippen LogP contribution in [0.4, 0.5) is 8.78 Å². The van der Waals surface area contributed by atoms with E-state index in [2.05, 4.69) is 0 Å². The average Bonchev–Trinajstić information content (AvgIpc) is 2.19. The van der Waals surface area contributed by atoms with Gasteiger partial charge in [-0.3, -0.25) is 4.79 Å². The van der Waals surface area contributed by atoms with Crippen LogP contribution >= 0.6 is 0 Å². The van der Waals surface area contributed by atoms with Gasteiger partial charge in [-0.1, -0.05) is 6.92 Å². The zero-order valence-corrected chi connectivity index (χ0v) is 8.88. The number of likely N-dealkylation sites (tertiary alicyclic amines) is 1. The number of rotatable bonds is 3. The third-order valence-electron chi connectivity index (χ3n) is 2.87. The van der Waals surface area contributed by atoms with Crippen LogP contribution in [0.15, 0.2) is 0 Å². The molecule has 1 fully saturated rings. The predicted molar refractivity (Wildman–Crippen MR) is 51.6 cm³/mol. The van der Waals surface area contributed by atoms with E-state index in [9.17, 15) is 13.6 Å². The summed E-state index contributed by atoms with van der Waals surface area (Å²) >= 11 is 0. The molecule has 0 aromatic rings. The summed E-state index contributed by atoms with van der Waals surface area (Å²) < 4.78 is 25.6. The Bertz CT molecular complexity index is 219. The lowest BCUT2D eigenvalue weighted by atomic mass is 10.0. The van der Waals surface area contributed by atoms with Crippen LogP contribution in [0.3, 0.4) is 0 Å². The molecule has 0 saturated carbocycles. The Labute approximate surface area is 88.1 Å². The molecule has 1 heterocycles. The maximum absolute atomic E-state index is 12.8. The molecule has 88 valence electrons. The summed E-state index contributed by atoms with van der Waals surface area (Å²) in [6.45, 7) is 1.80. The van der Waals surface area contributed by atoms with Crippen molar-refractivity contribution in [3.63, 3.8) is 0 Å². The van der Waals surface area contributed by atoms with Gasteiger partial charge in [-0.2, -0.15) is 0 Å². The number of nitrogens with zero attached hydrogens (tertiary/aromatic N) is 1. The third kappa shape index (κ3) is 3.12. The largest absolute Gasteiger partial charge is 0.396 e. The van der Waals surface area contributed by atoms with E-state index in [4.69, 9.17) is 5.11 Å². The highest BCUT2D eigenvalue weighted by atomic mass is 19.3. The summed E-state index contributed by atoms with van der Waals surface area (Å²) in [4.78, 5) is 13.1. The Morgan fingerprint density at radius 1 is 1.47 bits per heavy atom. The molecule has 15 heavy (non-hydrogen) atoms. The highest BCUT2D eigenvalue weighted by Crippen LogP contribution is 2.28. The number of aliphatic hydroxyl groups excluding tert-OH is 1. The zero-order valence-electron chi connectivity index (χ0n) is 8.88. The number of halogens is 2. The highest BCUT2D eigenvalue weighted by Gasteiger charge is 2.36. The minimum Gasteiger partial charge on any atom is -0.396 e. The number of carbonyl (C=O) groups is 1. The first-order chi connectivity index (χ1) is 7.00. The lowest BCUT2D eigenvalue weighted by Crippen LogP contribution is -2.45. The molecule has 1 unspecified atom stereocenters. The first-order valence-electron chi connectivity index (χ1n) is 5.27. The van der Waals surface area contributed by atoms with Crippen molar-refractivity contribution >= 4 is 5.91 Å². The zero-order chi connectivity index (χ0) is 11.5. The van der Waals surface area contributed by atoms with E-state index in [-0.39, 0.29) is 38.4 Å². The Morgan fingerprint density at radius 2 is 2.00 bits per heavy atom. The van der Waals surface area contributed by atoms with E-state index >= 15 is 0 Å². The molecule has 0 aromatic heterocycles. The summed E-state index contributed by atoms with van der Waals surface area (Å²) in [5, 5.41) is 8.93. The van der Waals surface area contributed by atoms with Gasteiger partial charge in [0.25, 0.3) is 5.92 Å². The molecule has 1 N–H and O–H groups in total. The summed E-state index contributed by atoms with van der Waals surface area (Å²) in [7, 11) is 0. The normalized spacial score (nSPS) is 22.5. The first kappa shape index (κ1) is 12.4. The van der Waals surface area contributed by atoms with Gasteiger partial charge < -0.3 is 10.0 Å². The molecule has 0 radical (unpaired) electrons. The first-order valence-corrected chi connectivity index (χ1v) is 5.27. The van der Waals surface area contributed by atoms with Gasteiger partial charge in [0.05, 0.1) is 12.5 Å². The molecule has 1 aliphatic heterocycles. The van der Waals surface area contributed by atoms with Gasteiger partial charge in [-0.15, -0.1) is 0 Å². The Morgan fingerprint density at radius 3 is 2.40 bits per heavy atom. The van der Waals surface area contributed by atoms with Crippen LogP contribution in [0, 0.1) is 5.92 Å². The van der Waals surface area contributed by atoms with Crippen LogP contribution in [-0.2, 0) is 4.79 Å². The molecule has 1 aliphatic rings. The molecular weight excluding hydrogens is 204 g/mol. The smallest absolute Gasteiger partial charge is 0.251 e. The Hall–Kier alpha value is -0.710. The monoisotopic (exact) mass is 221 g/mol. The lowest BCUT2D eigenvalue weighted by molar-refractivity contribution is -0.142. The van der Waals surface area contributed by atoms with Crippen molar-refractivity contribution in [1.29, 1.82) is 0 Å². The molecule has 0 bridgehead atoms. The van der Waals surface area contributed by atoms with E-state index in [0.717, 1.165) is 0 Å². The van der Waals surface area contributed by atoms with Gasteiger partial charge in [0.15, 0.2) is 0 Å². The number of aliphatic hydroxyl groups is 1. The minimum atomic E-state index is -2.63. The highest BCUT2D eigenvalue weighted by molar-refractivity contribution is 5.79. The third-order valence-corrected chi connectivity index (χ3v) is 2.87. The van der Waals surface area contributed by atoms with Gasteiger partial charge in [0.1, 0.15) is 0 Å². The SMILES string of the molecule is CCC(CO)C(=O)N1CCC(F)(F)CC1. The maximum atomic E-state index is 12.8. The molecule has 1 atom stereocenters. The molecule has 0 spiro atoms. The summed E-state index contributed by atoms with van der Waals surface area (Å²) in [5.41, 5.74) is 0. The fraction of sp³-hybridized carbons (Fsp3) is 0.900. The Balaban J connectivity index is 2.49. The van der Waals surface area contributed by atoms with Crippen molar-refractivity contribution in [2.45, 2.75) is 32.1 Å². The van der Waals surface area contributed by atoms with Crippen molar-refractivity contribution in [1.82, 2.24) is 4.90 Å². The van der Waals surface area contributed by atoms with Crippen molar-refractivity contribution in [3.8, 4) is 0 Å². The van der Waals surface area contributed by atoms with Crippen LogP contribution < -0.4 is 0 Å². The maximum Gasteiger partial charge on any atom is 0.251 e. The number of piperidine rings is 1. The van der Waals surface area contributed by atoms with Crippen molar-refractivity contribution in [3.05, 3.63) is 0 Å². The van der Waals surface area contributed by atoms with Crippen molar-refractivity contribution in [2.24, 2.45) is 5.92 Å². The number of carbonyl (C=O) groups excluding carboxylic acids is 1. The van der Waals surface area contributed by atoms with E-state index in [1.54, 1.807) is 6.92 Å². The van der Waals surface area contributed by atoms with Gasteiger partial charge >= 0.3 is 0 Å². The van der Waals surface area contributed by atoms with Gasteiger partial charge in [-0.25, -0.2) is 8.78 Å². The summed E-state index contributed by atoms with van der Waals surface area (Å²) in [6.07, 6.45) is 0.0173. The van der Waals surface area contributed by atoms with Crippen LogP contribution in [0.1, 0.15) is 26.2 Å². The predicted octanol–water partition coefficient (Wildman–Crippen LogP) is 1.26. The molecule has 0 aliphatic carbocycles. The van der Waals surface area contributed by atoms with Crippen LogP contribution in [-0.4, -0.2) is 41.5 Å². The molecule has 5 heteroatoms. The molecular formula is C10H17F2NO2. The van der Waals surface area contributed by atoms with E-state index in [1.807, 2.05) is 0 Å². The molecule has 0 aromatic carbocycles.